The molecule has 2 aromatic heterocycles. The number of amides is 1. The molecule has 0 aliphatic carbocycles. The number of aryl methyl sites for hydroxylation is 1. The third-order valence-electron chi connectivity index (χ3n) is 3.57. The summed E-state index contributed by atoms with van der Waals surface area (Å²) >= 11 is 13.7. The summed E-state index contributed by atoms with van der Waals surface area (Å²) in [6, 6.07) is 1.98. The van der Waals surface area contributed by atoms with Gasteiger partial charge >= 0.3 is 0 Å². The predicted octanol–water partition coefficient (Wildman–Crippen LogP) is 3.42. The highest BCUT2D eigenvalue weighted by molar-refractivity contribution is 7.14. The molecule has 0 fully saturated rings. The highest BCUT2D eigenvalue weighted by Crippen LogP contribution is 2.26. The van der Waals surface area contributed by atoms with Crippen molar-refractivity contribution in [1.82, 2.24) is 15.6 Å². The van der Waals surface area contributed by atoms with Crippen molar-refractivity contribution in [2.24, 2.45) is 0 Å². The molecule has 22 heavy (non-hydrogen) atoms. The Kier molecular flexibility index (Phi) is 4.98. The van der Waals surface area contributed by atoms with E-state index in [9.17, 15) is 4.79 Å². The van der Waals surface area contributed by atoms with E-state index in [0.717, 1.165) is 30.8 Å². The van der Waals surface area contributed by atoms with Crippen molar-refractivity contribution in [2.75, 3.05) is 6.54 Å². The van der Waals surface area contributed by atoms with Crippen LogP contribution in [0.5, 0.6) is 0 Å². The first-order valence-electron chi connectivity index (χ1n) is 7.03. The van der Waals surface area contributed by atoms with Gasteiger partial charge in [0.25, 0.3) is 5.91 Å². The van der Waals surface area contributed by atoms with Crippen molar-refractivity contribution < 1.29 is 4.79 Å². The molecular weight excluding hydrogens is 341 g/mol. The van der Waals surface area contributed by atoms with Crippen LogP contribution in [0, 0.1) is 0 Å². The minimum absolute atomic E-state index is 0.0954. The van der Waals surface area contributed by atoms with Crippen LogP contribution >= 0.6 is 34.5 Å². The number of carbonyl (C=O) groups excluding carboxylic acids is 1. The van der Waals surface area contributed by atoms with Crippen molar-refractivity contribution in [2.45, 2.75) is 25.9 Å². The van der Waals surface area contributed by atoms with E-state index in [4.69, 9.17) is 23.2 Å². The molecule has 0 saturated carbocycles. The van der Waals surface area contributed by atoms with Gasteiger partial charge in [-0.05, 0) is 31.0 Å². The number of aromatic nitrogens is 1. The molecule has 7 heteroatoms. The van der Waals surface area contributed by atoms with Gasteiger partial charge in [-0.15, -0.1) is 11.3 Å². The molecule has 0 bridgehead atoms. The average molecular weight is 356 g/mol. The van der Waals surface area contributed by atoms with Crippen LogP contribution in [0.2, 0.25) is 10.0 Å². The molecule has 0 unspecified atom stereocenters. The second-order valence-electron chi connectivity index (χ2n) is 5.10. The standard InChI is InChI=1S/C15H15Cl2N3OS/c16-11-7-19-8-12(17)10(11)6-20-15(21)14-4-9-5-18-3-1-2-13(9)22-14/h4,7-8,18H,1-3,5-6H2,(H,20,21). The van der Waals surface area contributed by atoms with Crippen LogP contribution in [0.25, 0.3) is 0 Å². The van der Waals surface area contributed by atoms with Crippen LogP contribution in [0.15, 0.2) is 18.5 Å². The number of nitrogens with zero attached hydrogens (tertiary/aromatic N) is 1. The summed E-state index contributed by atoms with van der Waals surface area (Å²) in [7, 11) is 0. The minimum atomic E-state index is -0.0954. The lowest BCUT2D eigenvalue weighted by Gasteiger charge is -2.07. The molecule has 0 aromatic carbocycles. The number of halogens is 2. The largest absolute Gasteiger partial charge is 0.347 e. The molecule has 0 atom stereocenters. The second-order valence-corrected chi connectivity index (χ2v) is 7.05. The van der Waals surface area contributed by atoms with Gasteiger partial charge in [0.15, 0.2) is 0 Å². The molecule has 2 N–H and O–H groups in total. The number of fused-ring (bicyclic) bond motifs is 1. The Labute approximate surface area is 142 Å². The number of hydrogen-bond acceptors (Lipinski definition) is 4. The Morgan fingerprint density at radius 1 is 1.36 bits per heavy atom. The maximum atomic E-state index is 12.3. The van der Waals surface area contributed by atoms with Gasteiger partial charge in [-0.2, -0.15) is 0 Å². The van der Waals surface area contributed by atoms with Gasteiger partial charge in [0.2, 0.25) is 0 Å². The average Bonchev–Trinajstić information content (AvgIpc) is 2.78. The fraction of sp³-hybridized carbons (Fsp3) is 0.333. The predicted molar refractivity (Wildman–Crippen MR) is 89.8 cm³/mol. The minimum Gasteiger partial charge on any atom is -0.347 e. The zero-order chi connectivity index (χ0) is 15.5. The molecule has 3 heterocycles. The highest BCUT2D eigenvalue weighted by atomic mass is 35.5. The van der Waals surface area contributed by atoms with Crippen LogP contribution in [-0.2, 0) is 19.5 Å². The number of nitrogens with one attached hydrogen (secondary N) is 2. The topological polar surface area (TPSA) is 54.0 Å². The van der Waals surface area contributed by atoms with Gasteiger partial charge in [0.1, 0.15) is 0 Å². The maximum absolute atomic E-state index is 12.3. The molecule has 116 valence electrons. The summed E-state index contributed by atoms with van der Waals surface area (Å²) in [5.74, 6) is -0.0954. The number of carbonyl (C=O) groups is 1. The van der Waals surface area contributed by atoms with Crippen molar-refractivity contribution in [3.05, 3.63) is 49.4 Å². The highest BCUT2D eigenvalue weighted by Gasteiger charge is 2.16. The van der Waals surface area contributed by atoms with Crippen LogP contribution in [0.4, 0.5) is 0 Å². The zero-order valence-corrected chi connectivity index (χ0v) is 14.1. The van der Waals surface area contributed by atoms with E-state index in [2.05, 4.69) is 15.6 Å². The number of hydrogen-bond donors (Lipinski definition) is 2. The first-order valence-corrected chi connectivity index (χ1v) is 8.61. The number of pyridine rings is 1. The third-order valence-corrected chi connectivity index (χ3v) is 5.46. The summed E-state index contributed by atoms with van der Waals surface area (Å²) in [6.07, 6.45) is 5.18. The van der Waals surface area contributed by atoms with E-state index >= 15 is 0 Å². The van der Waals surface area contributed by atoms with E-state index in [1.807, 2.05) is 6.07 Å². The Morgan fingerprint density at radius 3 is 2.91 bits per heavy atom. The Morgan fingerprint density at radius 2 is 2.14 bits per heavy atom. The lowest BCUT2D eigenvalue weighted by molar-refractivity contribution is 0.0955. The Balaban J connectivity index is 1.70. The Bertz CT molecular complexity index is 658. The van der Waals surface area contributed by atoms with E-state index < -0.39 is 0 Å². The zero-order valence-electron chi connectivity index (χ0n) is 11.8. The lowest BCUT2D eigenvalue weighted by Crippen LogP contribution is -2.22. The van der Waals surface area contributed by atoms with Gasteiger partial charge in [0, 0.05) is 35.9 Å². The van der Waals surface area contributed by atoms with Crippen molar-refractivity contribution in [1.29, 1.82) is 0 Å². The van der Waals surface area contributed by atoms with Crippen LogP contribution < -0.4 is 10.6 Å². The third kappa shape index (κ3) is 3.43. The molecule has 3 rings (SSSR count). The van der Waals surface area contributed by atoms with Gasteiger partial charge < -0.3 is 10.6 Å². The number of rotatable bonds is 3. The van der Waals surface area contributed by atoms with Crippen molar-refractivity contribution in [3.8, 4) is 0 Å². The molecular formula is C15H15Cl2N3OS. The molecule has 1 aliphatic rings. The smallest absolute Gasteiger partial charge is 0.261 e. The summed E-state index contributed by atoms with van der Waals surface area (Å²) in [6.45, 7) is 2.16. The van der Waals surface area contributed by atoms with E-state index in [0.29, 0.717) is 22.2 Å². The molecule has 0 radical (unpaired) electrons. The van der Waals surface area contributed by atoms with Crippen LogP contribution in [0.1, 0.15) is 32.1 Å². The maximum Gasteiger partial charge on any atom is 0.261 e. The molecule has 4 nitrogen and oxygen atoms in total. The fourth-order valence-electron chi connectivity index (χ4n) is 2.40. The monoisotopic (exact) mass is 355 g/mol. The van der Waals surface area contributed by atoms with E-state index in [-0.39, 0.29) is 5.91 Å². The van der Waals surface area contributed by atoms with Gasteiger partial charge in [-0.25, -0.2) is 0 Å². The van der Waals surface area contributed by atoms with Gasteiger partial charge in [-0.3, -0.25) is 9.78 Å². The fourth-order valence-corrected chi connectivity index (χ4v) is 4.04. The summed E-state index contributed by atoms with van der Waals surface area (Å²) in [4.78, 5) is 18.3. The van der Waals surface area contributed by atoms with Crippen LogP contribution in [-0.4, -0.2) is 17.4 Å². The summed E-state index contributed by atoms with van der Waals surface area (Å²) in [5, 5.41) is 7.15. The second kappa shape index (κ2) is 6.96. The summed E-state index contributed by atoms with van der Waals surface area (Å²) < 4.78 is 0. The first-order chi connectivity index (χ1) is 10.6. The van der Waals surface area contributed by atoms with Crippen molar-refractivity contribution >= 4 is 40.4 Å². The molecule has 1 amide bonds. The quantitative estimate of drug-likeness (QED) is 0.886. The molecule has 0 spiro atoms. The van der Waals surface area contributed by atoms with Crippen LogP contribution in [0.3, 0.4) is 0 Å². The molecule has 1 aliphatic heterocycles. The van der Waals surface area contributed by atoms with Gasteiger partial charge in [-0.1, -0.05) is 23.2 Å². The van der Waals surface area contributed by atoms with Crippen molar-refractivity contribution in [3.63, 3.8) is 0 Å². The SMILES string of the molecule is O=C(NCc1c(Cl)cncc1Cl)c1cc2c(s1)CCCNC2. The lowest BCUT2D eigenvalue weighted by atomic mass is 10.2. The van der Waals surface area contributed by atoms with Gasteiger partial charge in [0.05, 0.1) is 14.9 Å². The van der Waals surface area contributed by atoms with E-state index in [1.54, 1.807) is 11.3 Å². The molecule has 2 aromatic rings. The normalized spacial score (nSPS) is 14.3. The Hall–Kier alpha value is -1.14. The first kappa shape index (κ1) is 15.7. The molecule has 0 saturated heterocycles. The summed E-state index contributed by atoms with van der Waals surface area (Å²) in [5.41, 5.74) is 1.92. The number of thiophene rings is 1. The van der Waals surface area contributed by atoms with E-state index in [1.165, 1.54) is 22.8 Å².